The van der Waals surface area contributed by atoms with Crippen LogP contribution in [0.3, 0.4) is 0 Å². The van der Waals surface area contributed by atoms with E-state index in [1.54, 1.807) is 6.07 Å². The predicted octanol–water partition coefficient (Wildman–Crippen LogP) is 3.42. The molecule has 4 rings (SSSR count). The van der Waals surface area contributed by atoms with Gasteiger partial charge in [-0.2, -0.15) is 0 Å². The first-order chi connectivity index (χ1) is 12.0. The molecule has 5 heteroatoms. The van der Waals surface area contributed by atoms with E-state index in [1.807, 2.05) is 32.0 Å². The maximum Gasteiger partial charge on any atom is 0.280 e. The molecule has 0 aliphatic heterocycles. The molecule has 1 heterocycles. The zero-order chi connectivity index (χ0) is 17.6. The molecule has 0 unspecified atom stereocenters. The van der Waals surface area contributed by atoms with Crippen molar-refractivity contribution in [2.45, 2.75) is 51.9 Å². The van der Waals surface area contributed by atoms with Crippen molar-refractivity contribution in [3.63, 3.8) is 0 Å². The molecule has 2 aliphatic rings. The normalized spacial score (nSPS) is 25.0. The highest BCUT2D eigenvalue weighted by molar-refractivity contribution is 5.85. The molecule has 1 N–H and O–H groups in total. The number of amides is 1. The van der Waals surface area contributed by atoms with E-state index in [-0.39, 0.29) is 17.4 Å². The Balaban J connectivity index is 1.61. The Morgan fingerprint density at radius 3 is 2.76 bits per heavy atom. The van der Waals surface area contributed by atoms with E-state index in [2.05, 4.69) is 10.4 Å². The molecule has 25 heavy (non-hydrogen) atoms. The highest BCUT2D eigenvalue weighted by Gasteiger charge is 2.40. The molecule has 0 saturated heterocycles. The van der Waals surface area contributed by atoms with E-state index in [9.17, 15) is 9.59 Å². The maximum absolute atomic E-state index is 12.9. The van der Waals surface area contributed by atoms with Gasteiger partial charge in [0.05, 0.1) is 10.9 Å². The Morgan fingerprint density at radius 2 is 2.08 bits per heavy atom. The average molecular weight is 339 g/mol. The average Bonchev–Trinajstić information content (AvgIpc) is 3.20. The molecule has 2 aromatic rings. The number of nitrogens with one attached hydrogen (secondary N) is 1. The van der Waals surface area contributed by atoms with E-state index in [0.29, 0.717) is 35.0 Å². The summed E-state index contributed by atoms with van der Waals surface area (Å²) in [5, 5.41) is 0.534. The van der Waals surface area contributed by atoms with Crippen molar-refractivity contribution in [1.29, 1.82) is 0 Å². The van der Waals surface area contributed by atoms with Gasteiger partial charge in [0.1, 0.15) is 5.82 Å². The Hall–Kier alpha value is -2.17. The fourth-order valence-corrected chi connectivity index (χ4v) is 4.68. The van der Waals surface area contributed by atoms with Crippen molar-refractivity contribution in [2.75, 3.05) is 5.43 Å². The van der Waals surface area contributed by atoms with Gasteiger partial charge in [0.25, 0.3) is 5.56 Å². The number of nitrogens with zero attached hydrogens (tertiary/aromatic N) is 2. The summed E-state index contributed by atoms with van der Waals surface area (Å²) in [7, 11) is 0. The number of hydrogen-bond donors (Lipinski definition) is 1. The van der Waals surface area contributed by atoms with Gasteiger partial charge in [0.2, 0.25) is 5.91 Å². The van der Waals surface area contributed by atoms with Crippen LogP contribution < -0.4 is 11.0 Å². The molecule has 2 fully saturated rings. The minimum absolute atomic E-state index is 0.0418. The van der Waals surface area contributed by atoms with Crippen LogP contribution in [0.15, 0.2) is 29.1 Å². The summed E-state index contributed by atoms with van der Waals surface area (Å²) in [5.41, 5.74) is 3.32. The van der Waals surface area contributed by atoms with E-state index in [4.69, 9.17) is 0 Å². The van der Waals surface area contributed by atoms with Gasteiger partial charge in [0.15, 0.2) is 0 Å². The quantitative estimate of drug-likeness (QED) is 0.928. The third-order valence-electron chi connectivity index (χ3n) is 5.89. The van der Waals surface area contributed by atoms with Crippen molar-refractivity contribution >= 4 is 16.8 Å². The third kappa shape index (κ3) is 2.96. The summed E-state index contributed by atoms with van der Waals surface area (Å²) in [6.07, 6.45) is 5.55. The third-order valence-corrected chi connectivity index (χ3v) is 5.89. The van der Waals surface area contributed by atoms with Gasteiger partial charge >= 0.3 is 0 Å². The largest absolute Gasteiger partial charge is 0.280 e. The van der Waals surface area contributed by atoms with Crippen LogP contribution in [0.4, 0.5) is 0 Å². The molecule has 5 nitrogen and oxygen atoms in total. The van der Waals surface area contributed by atoms with Crippen LogP contribution >= 0.6 is 0 Å². The van der Waals surface area contributed by atoms with Crippen LogP contribution in [0, 0.1) is 17.8 Å². The lowest BCUT2D eigenvalue weighted by atomic mass is 9.86. The molecule has 132 valence electrons. The number of benzene rings is 1. The summed E-state index contributed by atoms with van der Waals surface area (Å²) < 4.78 is 1.36. The zero-order valence-electron chi connectivity index (χ0n) is 14.9. The summed E-state index contributed by atoms with van der Waals surface area (Å²) >= 11 is 0. The monoisotopic (exact) mass is 339 g/mol. The molecular weight excluding hydrogens is 314 g/mol. The Kier molecular flexibility index (Phi) is 4.10. The molecule has 1 aromatic heterocycles. The first-order valence-electron chi connectivity index (χ1n) is 9.34. The lowest BCUT2D eigenvalue weighted by Gasteiger charge is -2.22. The first kappa shape index (κ1) is 16.3. The second-order valence-corrected chi connectivity index (χ2v) is 7.96. The number of carbonyl (C=O) groups is 1. The van der Waals surface area contributed by atoms with Gasteiger partial charge in [-0.1, -0.05) is 32.4 Å². The lowest BCUT2D eigenvalue weighted by Crippen LogP contribution is -2.37. The van der Waals surface area contributed by atoms with Crippen LogP contribution in [-0.4, -0.2) is 15.6 Å². The van der Waals surface area contributed by atoms with Gasteiger partial charge in [0, 0.05) is 12.3 Å². The molecule has 1 aromatic carbocycles. The second kappa shape index (κ2) is 6.28. The van der Waals surface area contributed by atoms with E-state index in [0.717, 1.165) is 5.92 Å². The Bertz CT molecular complexity index is 871. The highest BCUT2D eigenvalue weighted by atomic mass is 16.2. The number of hydrogen-bond acceptors (Lipinski definition) is 3. The van der Waals surface area contributed by atoms with Crippen molar-refractivity contribution in [2.24, 2.45) is 17.8 Å². The van der Waals surface area contributed by atoms with Crippen molar-refractivity contribution < 1.29 is 4.79 Å². The second-order valence-electron chi connectivity index (χ2n) is 7.96. The molecule has 2 aliphatic carbocycles. The van der Waals surface area contributed by atoms with Gasteiger partial charge in [-0.05, 0) is 49.1 Å². The first-order valence-corrected chi connectivity index (χ1v) is 9.34. The van der Waals surface area contributed by atoms with Crippen molar-refractivity contribution in [3.8, 4) is 0 Å². The minimum Gasteiger partial charge on any atom is -0.273 e. The topological polar surface area (TPSA) is 64.0 Å². The van der Waals surface area contributed by atoms with Crippen LogP contribution in [0.5, 0.6) is 0 Å². The summed E-state index contributed by atoms with van der Waals surface area (Å²) in [6, 6.07) is 7.29. The van der Waals surface area contributed by atoms with Gasteiger partial charge in [-0.3, -0.25) is 15.0 Å². The van der Waals surface area contributed by atoms with Gasteiger partial charge in [-0.15, -0.1) is 0 Å². The standard InChI is InChI=1S/C20H25N3O2/c1-12(2)19-21-17-6-4-3-5-16(17)20(25)23(19)22-18(24)11-15-10-13-7-8-14(15)9-13/h3-6,12-15H,7-11H2,1-2H3,(H,22,24)/t13-,14+,15+/m1/s1. The molecule has 1 amide bonds. The summed E-state index contributed by atoms with van der Waals surface area (Å²) in [4.78, 5) is 30.1. The molecular formula is C20H25N3O2. The van der Waals surface area contributed by atoms with E-state index >= 15 is 0 Å². The van der Waals surface area contributed by atoms with Crippen LogP contribution in [0.25, 0.3) is 10.9 Å². The summed E-state index contributed by atoms with van der Waals surface area (Å²) in [5.74, 6) is 2.57. The SMILES string of the molecule is CC(C)c1nc2ccccc2c(=O)n1NC(=O)C[C@@H]1C[C@@H]2CC[C@H]1C2. The molecule has 2 bridgehead atoms. The Labute approximate surface area is 147 Å². The maximum atomic E-state index is 12.9. The van der Waals surface area contributed by atoms with Crippen molar-refractivity contribution in [3.05, 3.63) is 40.4 Å². The van der Waals surface area contributed by atoms with Crippen LogP contribution in [0.2, 0.25) is 0 Å². The van der Waals surface area contributed by atoms with Gasteiger partial charge in [-0.25, -0.2) is 9.66 Å². The fraction of sp³-hybridized carbons (Fsp3) is 0.550. The van der Waals surface area contributed by atoms with Crippen LogP contribution in [0.1, 0.15) is 57.7 Å². The number of rotatable bonds is 4. The lowest BCUT2D eigenvalue weighted by molar-refractivity contribution is -0.118. The molecule has 0 spiro atoms. The molecule has 3 atom stereocenters. The number of fused-ring (bicyclic) bond motifs is 3. The molecule has 0 radical (unpaired) electrons. The molecule has 2 saturated carbocycles. The van der Waals surface area contributed by atoms with Gasteiger partial charge < -0.3 is 0 Å². The smallest absolute Gasteiger partial charge is 0.273 e. The number of carbonyl (C=O) groups excluding carboxylic acids is 1. The van der Waals surface area contributed by atoms with Crippen molar-refractivity contribution in [1.82, 2.24) is 9.66 Å². The number of para-hydroxylation sites is 1. The van der Waals surface area contributed by atoms with E-state index < -0.39 is 0 Å². The zero-order valence-corrected chi connectivity index (χ0v) is 14.9. The fourth-order valence-electron chi connectivity index (χ4n) is 4.68. The summed E-state index contributed by atoms with van der Waals surface area (Å²) in [6.45, 7) is 3.96. The number of aromatic nitrogens is 2. The highest BCUT2D eigenvalue weighted by Crippen LogP contribution is 2.49. The minimum atomic E-state index is -0.199. The van der Waals surface area contributed by atoms with E-state index in [1.165, 1.54) is 30.4 Å². The Morgan fingerprint density at radius 1 is 1.28 bits per heavy atom. The predicted molar refractivity (Wildman–Crippen MR) is 98.0 cm³/mol. The van der Waals surface area contributed by atoms with Crippen LogP contribution in [-0.2, 0) is 4.79 Å².